The van der Waals surface area contributed by atoms with Crippen molar-refractivity contribution in [3.05, 3.63) is 18.2 Å². The molecule has 0 unspecified atom stereocenters. The highest BCUT2D eigenvalue weighted by Gasteiger charge is 2.34. The largest absolute Gasteiger partial charge is 0.486 e. The standard InChI is InChI=1S/C24H36N4O3/c29-24-27(16-17-28(24)20-6-2-1-3-7-20)11-5-10-25-12-14-26(15-13-25)21-8-4-9-22-23(21)31-19-18-30-22/h4,8-9,20H,1-3,5-7,10-19H2. The van der Waals surface area contributed by atoms with Crippen molar-refractivity contribution in [2.45, 2.75) is 44.6 Å². The Hall–Kier alpha value is -2.15. The number of para-hydroxylation sites is 1. The van der Waals surface area contributed by atoms with E-state index in [1.807, 2.05) is 6.07 Å². The predicted octanol–water partition coefficient (Wildman–Crippen LogP) is 3.04. The molecule has 2 saturated heterocycles. The number of anilines is 1. The minimum Gasteiger partial charge on any atom is -0.486 e. The second-order valence-corrected chi connectivity index (χ2v) is 9.24. The Morgan fingerprint density at radius 2 is 1.68 bits per heavy atom. The smallest absolute Gasteiger partial charge is 0.320 e. The van der Waals surface area contributed by atoms with Crippen molar-refractivity contribution in [2.24, 2.45) is 0 Å². The molecule has 7 heteroatoms. The SMILES string of the molecule is O=C1N(CCCN2CCN(c3cccc4c3OCCO4)CC2)CCN1C1CCCCC1. The second-order valence-electron chi connectivity index (χ2n) is 9.24. The molecular formula is C24H36N4O3. The lowest BCUT2D eigenvalue weighted by Gasteiger charge is -2.37. The van der Waals surface area contributed by atoms with Crippen molar-refractivity contribution in [2.75, 3.05) is 70.5 Å². The molecule has 0 N–H and O–H groups in total. The van der Waals surface area contributed by atoms with Gasteiger partial charge in [0.1, 0.15) is 13.2 Å². The lowest BCUT2D eigenvalue weighted by Crippen LogP contribution is -2.47. The number of urea groups is 1. The Labute approximate surface area is 185 Å². The van der Waals surface area contributed by atoms with Gasteiger partial charge in [0, 0.05) is 51.9 Å². The van der Waals surface area contributed by atoms with Gasteiger partial charge >= 0.3 is 6.03 Å². The summed E-state index contributed by atoms with van der Waals surface area (Å²) in [5.74, 6) is 1.76. The minimum atomic E-state index is 0.285. The number of amides is 2. The molecule has 7 nitrogen and oxygen atoms in total. The van der Waals surface area contributed by atoms with Gasteiger partial charge in [0.15, 0.2) is 11.5 Å². The Morgan fingerprint density at radius 1 is 0.871 bits per heavy atom. The van der Waals surface area contributed by atoms with Crippen molar-refractivity contribution >= 4 is 11.7 Å². The van der Waals surface area contributed by atoms with Gasteiger partial charge in [-0.05, 0) is 37.9 Å². The number of nitrogens with zero attached hydrogens (tertiary/aromatic N) is 4. The van der Waals surface area contributed by atoms with E-state index >= 15 is 0 Å². The van der Waals surface area contributed by atoms with E-state index in [-0.39, 0.29) is 6.03 Å². The summed E-state index contributed by atoms with van der Waals surface area (Å²) in [5, 5.41) is 0. The number of benzene rings is 1. The number of ether oxygens (including phenoxy) is 2. The first kappa shape index (κ1) is 20.7. The van der Waals surface area contributed by atoms with Crippen LogP contribution in [0.15, 0.2) is 18.2 Å². The maximum absolute atomic E-state index is 12.8. The molecule has 31 heavy (non-hydrogen) atoms. The zero-order valence-electron chi connectivity index (χ0n) is 18.6. The normalized spacial score (nSPS) is 23.0. The highest BCUT2D eigenvalue weighted by atomic mass is 16.6. The molecule has 0 radical (unpaired) electrons. The Kier molecular flexibility index (Phi) is 6.39. The average molecular weight is 429 g/mol. The average Bonchev–Trinajstić information content (AvgIpc) is 3.20. The van der Waals surface area contributed by atoms with Crippen LogP contribution < -0.4 is 14.4 Å². The van der Waals surface area contributed by atoms with Crippen LogP contribution in [0.4, 0.5) is 10.5 Å². The Bertz CT molecular complexity index is 759. The van der Waals surface area contributed by atoms with Crippen LogP contribution in [0.3, 0.4) is 0 Å². The van der Waals surface area contributed by atoms with Crippen LogP contribution in [0.2, 0.25) is 0 Å². The first-order valence-corrected chi connectivity index (χ1v) is 12.2. The fourth-order valence-electron chi connectivity index (χ4n) is 5.55. The lowest BCUT2D eigenvalue weighted by molar-refractivity contribution is 0.161. The molecule has 0 bridgehead atoms. The zero-order chi connectivity index (χ0) is 21.0. The van der Waals surface area contributed by atoms with Gasteiger partial charge in [0.2, 0.25) is 0 Å². The molecule has 1 aromatic rings. The third-order valence-electron chi connectivity index (χ3n) is 7.30. The van der Waals surface area contributed by atoms with Gasteiger partial charge in [-0.3, -0.25) is 4.90 Å². The number of hydrogen-bond donors (Lipinski definition) is 0. The first-order valence-electron chi connectivity index (χ1n) is 12.2. The van der Waals surface area contributed by atoms with E-state index in [0.29, 0.717) is 19.3 Å². The molecule has 1 aliphatic carbocycles. The van der Waals surface area contributed by atoms with E-state index in [0.717, 1.165) is 76.0 Å². The molecule has 2 amide bonds. The Balaban J connectivity index is 1.06. The maximum atomic E-state index is 12.8. The molecule has 1 saturated carbocycles. The molecule has 4 aliphatic rings. The van der Waals surface area contributed by atoms with E-state index in [1.165, 1.54) is 32.1 Å². The summed E-state index contributed by atoms with van der Waals surface area (Å²) in [6.07, 6.45) is 7.36. The highest BCUT2D eigenvalue weighted by molar-refractivity contribution is 5.76. The third kappa shape index (κ3) is 4.56. The van der Waals surface area contributed by atoms with E-state index in [1.54, 1.807) is 0 Å². The van der Waals surface area contributed by atoms with Crippen LogP contribution in [0, 0.1) is 0 Å². The van der Waals surface area contributed by atoms with Crippen LogP contribution in [-0.2, 0) is 0 Å². The van der Waals surface area contributed by atoms with Crippen LogP contribution >= 0.6 is 0 Å². The number of carbonyl (C=O) groups is 1. The van der Waals surface area contributed by atoms with Gasteiger partial charge in [-0.15, -0.1) is 0 Å². The first-order chi connectivity index (χ1) is 15.3. The van der Waals surface area contributed by atoms with Crippen LogP contribution in [0.25, 0.3) is 0 Å². The van der Waals surface area contributed by atoms with Crippen molar-refractivity contribution in [1.82, 2.24) is 14.7 Å². The summed E-state index contributed by atoms with van der Waals surface area (Å²) in [4.78, 5) is 22.0. The summed E-state index contributed by atoms with van der Waals surface area (Å²) in [7, 11) is 0. The van der Waals surface area contributed by atoms with Gasteiger partial charge in [0.25, 0.3) is 0 Å². The molecule has 5 rings (SSSR count). The third-order valence-corrected chi connectivity index (χ3v) is 7.30. The van der Waals surface area contributed by atoms with Gasteiger partial charge in [0.05, 0.1) is 5.69 Å². The van der Waals surface area contributed by atoms with E-state index in [9.17, 15) is 4.79 Å². The predicted molar refractivity (Wildman–Crippen MR) is 121 cm³/mol. The molecule has 170 valence electrons. The summed E-state index contributed by atoms with van der Waals surface area (Å²) < 4.78 is 11.6. The summed E-state index contributed by atoms with van der Waals surface area (Å²) in [5.41, 5.74) is 1.15. The van der Waals surface area contributed by atoms with Crippen molar-refractivity contribution < 1.29 is 14.3 Å². The van der Waals surface area contributed by atoms with E-state index in [4.69, 9.17) is 9.47 Å². The molecule has 0 aromatic heterocycles. The maximum Gasteiger partial charge on any atom is 0.320 e. The zero-order valence-corrected chi connectivity index (χ0v) is 18.6. The van der Waals surface area contributed by atoms with Crippen LogP contribution in [0.5, 0.6) is 11.5 Å². The second kappa shape index (κ2) is 9.55. The number of hydrogen-bond acceptors (Lipinski definition) is 5. The monoisotopic (exact) mass is 428 g/mol. The van der Waals surface area contributed by atoms with Crippen molar-refractivity contribution in [1.29, 1.82) is 0 Å². The summed E-state index contributed by atoms with van der Waals surface area (Å²) in [6.45, 7) is 9.13. The lowest BCUT2D eigenvalue weighted by atomic mass is 9.94. The van der Waals surface area contributed by atoms with Crippen molar-refractivity contribution in [3.63, 3.8) is 0 Å². The quantitative estimate of drug-likeness (QED) is 0.697. The number of carbonyl (C=O) groups excluding carboxylic acids is 1. The molecule has 1 aromatic carbocycles. The van der Waals surface area contributed by atoms with Crippen LogP contribution in [0.1, 0.15) is 38.5 Å². The molecule has 3 aliphatic heterocycles. The number of rotatable bonds is 6. The topological polar surface area (TPSA) is 48.5 Å². The fourth-order valence-corrected chi connectivity index (χ4v) is 5.55. The summed E-state index contributed by atoms with van der Waals surface area (Å²) >= 11 is 0. The summed E-state index contributed by atoms with van der Waals surface area (Å²) in [6, 6.07) is 6.97. The van der Waals surface area contributed by atoms with Gasteiger partial charge in [-0.1, -0.05) is 25.3 Å². The molecular weight excluding hydrogens is 392 g/mol. The van der Waals surface area contributed by atoms with E-state index in [2.05, 4.69) is 31.7 Å². The fraction of sp³-hybridized carbons (Fsp3) is 0.708. The number of piperazine rings is 1. The van der Waals surface area contributed by atoms with E-state index < -0.39 is 0 Å². The number of fused-ring (bicyclic) bond motifs is 1. The van der Waals surface area contributed by atoms with Gasteiger partial charge < -0.3 is 24.2 Å². The van der Waals surface area contributed by atoms with Gasteiger partial charge in [-0.25, -0.2) is 4.79 Å². The molecule has 3 fully saturated rings. The molecule has 3 heterocycles. The van der Waals surface area contributed by atoms with Crippen molar-refractivity contribution in [3.8, 4) is 11.5 Å². The highest BCUT2D eigenvalue weighted by Crippen LogP contribution is 2.39. The Morgan fingerprint density at radius 3 is 2.52 bits per heavy atom. The molecule has 0 spiro atoms. The van der Waals surface area contributed by atoms with Crippen LogP contribution in [-0.4, -0.2) is 92.3 Å². The molecule has 0 atom stereocenters. The van der Waals surface area contributed by atoms with Gasteiger partial charge in [-0.2, -0.15) is 0 Å². The minimum absolute atomic E-state index is 0.285.